The molecular formula is C15H19NO4S. The van der Waals surface area contributed by atoms with E-state index in [1.807, 2.05) is 13.8 Å². The third-order valence-electron chi connectivity index (χ3n) is 4.46. The fourth-order valence-electron chi connectivity index (χ4n) is 3.44. The molecule has 114 valence electrons. The molecule has 1 aromatic heterocycles. The van der Waals surface area contributed by atoms with Gasteiger partial charge in [-0.15, -0.1) is 11.3 Å². The minimum atomic E-state index is -0.976. The first-order chi connectivity index (χ1) is 10.0. The molecule has 0 radical (unpaired) electrons. The highest BCUT2D eigenvalue weighted by molar-refractivity contribution is 7.16. The van der Waals surface area contributed by atoms with E-state index < -0.39 is 5.97 Å². The van der Waals surface area contributed by atoms with Gasteiger partial charge in [-0.25, -0.2) is 4.79 Å². The number of rotatable bonds is 4. The Kier molecular flexibility index (Phi) is 3.75. The number of carbonyl (C=O) groups is 2. The molecule has 2 fully saturated rings. The number of carbonyl (C=O) groups excluding carboxylic acids is 1. The Hall–Kier alpha value is -1.40. The van der Waals surface area contributed by atoms with Crippen LogP contribution < -0.4 is 5.32 Å². The quantitative estimate of drug-likeness (QED) is 0.896. The number of hydrogen-bond acceptors (Lipinski definition) is 4. The van der Waals surface area contributed by atoms with Crippen molar-refractivity contribution in [2.75, 3.05) is 5.32 Å². The molecule has 6 heteroatoms. The molecule has 0 saturated carbocycles. The molecule has 3 atom stereocenters. The lowest BCUT2D eigenvalue weighted by molar-refractivity contribution is -0.121. The van der Waals surface area contributed by atoms with E-state index in [9.17, 15) is 14.7 Å². The summed E-state index contributed by atoms with van der Waals surface area (Å²) in [5.74, 6) is -1.22. The number of anilines is 1. The third-order valence-corrected chi connectivity index (χ3v) is 5.52. The van der Waals surface area contributed by atoms with Gasteiger partial charge in [-0.2, -0.15) is 0 Å². The van der Waals surface area contributed by atoms with Gasteiger partial charge in [0.05, 0.1) is 23.7 Å². The molecule has 1 aromatic rings. The van der Waals surface area contributed by atoms with Gasteiger partial charge in [-0.05, 0) is 38.2 Å². The first kappa shape index (κ1) is 14.5. The van der Waals surface area contributed by atoms with Gasteiger partial charge in [0.1, 0.15) is 5.00 Å². The average molecular weight is 309 g/mol. The van der Waals surface area contributed by atoms with Crippen molar-refractivity contribution >= 4 is 28.2 Å². The van der Waals surface area contributed by atoms with Crippen LogP contribution in [-0.2, 0) is 16.0 Å². The van der Waals surface area contributed by atoms with E-state index in [0.717, 1.165) is 29.7 Å². The van der Waals surface area contributed by atoms with Crippen molar-refractivity contribution in [3.63, 3.8) is 0 Å². The first-order valence-corrected chi connectivity index (χ1v) is 8.14. The Labute approximate surface area is 127 Å². The normalized spacial score (nSPS) is 27.0. The number of aromatic carboxylic acids is 1. The summed E-state index contributed by atoms with van der Waals surface area (Å²) in [7, 11) is 0. The van der Waals surface area contributed by atoms with Gasteiger partial charge in [0.2, 0.25) is 5.91 Å². The number of thiophene rings is 1. The highest BCUT2D eigenvalue weighted by atomic mass is 32.1. The summed E-state index contributed by atoms with van der Waals surface area (Å²) in [6.07, 6.45) is 3.59. The van der Waals surface area contributed by atoms with Crippen LogP contribution in [0.3, 0.4) is 0 Å². The Morgan fingerprint density at radius 3 is 2.71 bits per heavy atom. The lowest BCUT2D eigenvalue weighted by atomic mass is 9.88. The fourth-order valence-corrected chi connectivity index (χ4v) is 4.58. The zero-order chi connectivity index (χ0) is 15.1. The number of hydrogen-bond donors (Lipinski definition) is 2. The molecule has 1 amide bonds. The number of carboxylic acids is 1. The van der Waals surface area contributed by atoms with Crippen LogP contribution in [-0.4, -0.2) is 29.2 Å². The fraction of sp³-hybridized carbons (Fsp3) is 0.600. The minimum absolute atomic E-state index is 0.00924. The number of amides is 1. The molecule has 21 heavy (non-hydrogen) atoms. The Morgan fingerprint density at radius 1 is 1.43 bits per heavy atom. The second kappa shape index (κ2) is 5.42. The molecule has 0 spiro atoms. The van der Waals surface area contributed by atoms with Crippen LogP contribution >= 0.6 is 11.3 Å². The molecule has 3 rings (SSSR count). The highest BCUT2D eigenvalue weighted by Gasteiger charge is 2.44. The zero-order valence-electron chi connectivity index (χ0n) is 12.1. The second-order valence-corrected chi connectivity index (χ2v) is 6.93. The molecule has 3 unspecified atom stereocenters. The van der Waals surface area contributed by atoms with Gasteiger partial charge in [-0.1, -0.05) is 6.92 Å². The van der Waals surface area contributed by atoms with Crippen LogP contribution in [0.4, 0.5) is 5.00 Å². The van der Waals surface area contributed by atoms with Crippen molar-refractivity contribution in [1.29, 1.82) is 0 Å². The van der Waals surface area contributed by atoms with E-state index in [4.69, 9.17) is 4.74 Å². The van der Waals surface area contributed by atoms with Gasteiger partial charge < -0.3 is 15.2 Å². The summed E-state index contributed by atoms with van der Waals surface area (Å²) < 4.78 is 5.70. The number of carboxylic acid groups (broad SMARTS) is 1. The molecule has 0 aromatic carbocycles. The van der Waals surface area contributed by atoms with E-state index in [-0.39, 0.29) is 29.6 Å². The van der Waals surface area contributed by atoms with Gasteiger partial charge in [-0.3, -0.25) is 4.79 Å². The number of aryl methyl sites for hydroxylation is 1. The molecule has 2 saturated heterocycles. The Morgan fingerprint density at radius 2 is 2.19 bits per heavy atom. The smallest absolute Gasteiger partial charge is 0.339 e. The lowest BCUT2D eigenvalue weighted by Gasteiger charge is -2.17. The van der Waals surface area contributed by atoms with Gasteiger partial charge in [0.25, 0.3) is 0 Å². The Bertz CT molecular complexity index is 595. The van der Waals surface area contributed by atoms with Crippen molar-refractivity contribution < 1.29 is 19.4 Å². The average Bonchev–Trinajstić information content (AvgIpc) is 3.11. The zero-order valence-corrected chi connectivity index (χ0v) is 13.0. The number of ether oxygens (including phenoxy) is 1. The third kappa shape index (κ3) is 2.46. The van der Waals surface area contributed by atoms with Crippen LogP contribution in [0.1, 0.15) is 47.0 Å². The maximum absolute atomic E-state index is 12.4. The van der Waals surface area contributed by atoms with Crippen LogP contribution in [0, 0.1) is 12.8 Å². The maximum Gasteiger partial charge on any atom is 0.339 e. The van der Waals surface area contributed by atoms with E-state index in [1.54, 1.807) is 0 Å². The van der Waals surface area contributed by atoms with Gasteiger partial charge in [0.15, 0.2) is 0 Å². The molecule has 3 heterocycles. The van der Waals surface area contributed by atoms with Crippen molar-refractivity contribution in [1.82, 2.24) is 0 Å². The lowest BCUT2D eigenvalue weighted by Crippen LogP contribution is -2.30. The predicted molar refractivity (Wildman–Crippen MR) is 80.0 cm³/mol. The van der Waals surface area contributed by atoms with Crippen molar-refractivity contribution in [2.24, 2.45) is 5.92 Å². The van der Waals surface area contributed by atoms with E-state index in [2.05, 4.69) is 5.32 Å². The Balaban J connectivity index is 1.81. The van der Waals surface area contributed by atoms with Crippen LogP contribution in [0.2, 0.25) is 0 Å². The van der Waals surface area contributed by atoms with Crippen LogP contribution in [0.25, 0.3) is 0 Å². The summed E-state index contributed by atoms with van der Waals surface area (Å²) in [4.78, 5) is 24.8. The van der Waals surface area contributed by atoms with Crippen molar-refractivity contribution in [3.05, 3.63) is 16.0 Å². The summed E-state index contributed by atoms with van der Waals surface area (Å²) in [6, 6.07) is 0. The summed E-state index contributed by atoms with van der Waals surface area (Å²) in [5.41, 5.74) is 1.06. The number of fused-ring (bicyclic) bond motifs is 2. The van der Waals surface area contributed by atoms with Crippen LogP contribution in [0.5, 0.6) is 0 Å². The molecule has 2 aliphatic rings. The molecular weight excluding hydrogens is 290 g/mol. The van der Waals surface area contributed by atoms with E-state index in [0.29, 0.717) is 11.4 Å². The maximum atomic E-state index is 12.4. The molecule has 0 aliphatic carbocycles. The SMILES string of the molecule is CCc1c(C)sc(NC(=O)C2CC3CCC2O3)c1C(=O)O. The topological polar surface area (TPSA) is 75.6 Å². The molecule has 2 aliphatic heterocycles. The largest absolute Gasteiger partial charge is 0.478 e. The predicted octanol–water partition coefficient (Wildman–Crippen LogP) is 2.82. The minimum Gasteiger partial charge on any atom is -0.478 e. The van der Waals surface area contributed by atoms with Crippen LogP contribution in [0.15, 0.2) is 0 Å². The summed E-state index contributed by atoms with van der Waals surface area (Å²) in [5, 5.41) is 12.7. The number of nitrogens with one attached hydrogen (secondary N) is 1. The standard InChI is InChI=1S/C15H19NO4S/c1-3-9-7(2)21-14(12(9)15(18)19)16-13(17)10-6-8-4-5-11(10)20-8/h8,10-11H,3-6H2,1-2H3,(H,16,17)(H,18,19). The van der Waals surface area contributed by atoms with Crippen molar-refractivity contribution in [3.8, 4) is 0 Å². The van der Waals surface area contributed by atoms with Gasteiger partial charge >= 0.3 is 5.97 Å². The molecule has 2 bridgehead atoms. The molecule has 2 N–H and O–H groups in total. The second-order valence-electron chi connectivity index (χ2n) is 5.70. The van der Waals surface area contributed by atoms with Gasteiger partial charge in [0, 0.05) is 4.88 Å². The summed E-state index contributed by atoms with van der Waals surface area (Å²) in [6.45, 7) is 3.82. The first-order valence-electron chi connectivity index (χ1n) is 7.33. The monoisotopic (exact) mass is 309 g/mol. The van der Waals surface area contributed by atoms with E-state index in [1.165, 1.54) is 11.3 Å². The van der Waals surface area contributed by atoms with E-state index >= 15 is 0 Å². The van der Waals surface area contributed by atoms with Crippen molar-refractivity contribution in [2.45, 2.75) is 51.7 Å². The highest BCUT2D eigenvalue weighted by Crippen LogP contribution is 2.40. The summed E-state index contributed by atoms with van der Waals surface area (Å²) >= 11 is 1.35. The molecule has 5 nitrogen and oxygen atoms in total.